The molecule has 13 heavy (non-hydrogen) atoms. The molecule has 1 saturated heterocycles. The normalized spacial score (nSPS) is 38.5. The van der Waals surface area contributed by atoms with Crippen molar-refractivity contribution in [2.24, 2.45) is 0 Å². The van der Waals surface area contributed by atoms with Crippen molar-refractivity contribution in [1.82, 2.24) is 10.6 Å². The van der Waals surface area contributed by atoms with E-state index in [4.69, 9.17) is 5.11 Å². The van der Waals surface area contributed by atoms with E-state index in [1.807, 2.05) is 0 Å². The Morgan fingerprint density at radius 1 is 1.54 bits per heavy atom. The van der Waals surface area contributed by atoms with Crippen LogP contribution in [0.3, 0.4) is 0 Å². The van der Waals surface area contributed by atoms with Crippen LogP contribution in [-0.2, 0) is 4.79 Å². The van der Waals surface area contributed by atoms with Crippen LogP contribution in [0.25, 0.3) is 0 Å². The molecule has 2 fully saturated rings. The van der Waals surface area contributed by atoms with Gasteiger partial charge in [-0.15, -0.1) is 0 Å². The molecule has 2 aliphatic rings. The lowest BCUT2D eigenvalue weighted by Gasteiger charge is -2.33. The number of amides is 1. The van der Waals surface area contributed by atoms with E-state index in [1.54, 1.807) is 0 Å². The summed E-state index contributed by atoms with van der Waals surface area (Å²) in [6.45, 7) is 0.850. The largest absolute Gasteiger partial charge is 0.393 e. The number of hydrogen-bond donors (Lipinski definition) is 3. The Morgan fingerprint density at radius 2 is 2.31 bits per heavy atom. The van der Waals surface area contributed by atoms with Crippen molar-refractivity contribution in [2.45, 2.75) is 43.9 Å². The van der Waals surface area contributed by atoms with Crippen molar-refractivity contribution in [3.8, 4) is 0 Å². The number of carbonyl (C=O) groups is 1. The van der Waals surface area contributed by atoms with E-state index in [0.717, 1.165) is 25.8 Å². The summed E-state index contributed by atoms with van der Waals surface area (Å²) in [4.78, 5) is 10.9. The fourth-order valence-corrected chi connectivity index (χ4v) is 1.89. The summed E-state index contributed by atoms with van der Waals surface area (Å²) in [5.41, 5.74) is 0. The zero-order chi connectivity index (χ0) is 9.26. The highest BCUT2D eigenvalue weighted by atomic mass is 16.3. The Labute approximate surface area is 77.7 Å². The zero-order valence-electron chi connectivity index (χ0n) is 7.62. The van der Waals surface area contributed by atoms with Crippen LogP contribution in [0.4, 0.5) is 0 Å². The van der Waals surface area contributed by atoms with Crippen molar-refractivity contribution in [2.75, 3.05) is 6.54 Å². The number of aliphatic hydroxyl groups is 1. The number of carbonyl (C=O) groups excluding carboxylic acids is 1. The molecule has 1 amide bonds. The predicted octanol–water partition coefficient (Wildman–Crippen LogP) is -0.622. The molecule has 0 aromatic carbocycles. The quantitative estimate of drug-likeness (QED) is 0.547. The van der Waals surface area contributed by atoms with Gasteiger partial charge in [-0.3, -0.25) is 4.79 Å². The lowest BCUT2D eigenvalue weighted by Crippen LogP contribution is -2.48. The predicted molar refractivity (Wildman–Crippen MR) is 48.2 cm³/mol. The van der Waals surface area contributed by atoms with Crippen LogP contribution >= 0.6 is 0 Å². The van der Waals surface area contributed by atoms with Gasteiger partial charge in [0.05, 0.1) is 6.10 Å². The summed E-state index contributed by atoms with van der Waals surface area (Å²) in [6, 6.07) is 0.776. The molecule has 0 bridgehead atoms. The Morgan fingerprint density at radius 3 is 2.85 bits per heavy atom. The van der Waals surface area contributed by atoms with Gasteiger partial charge >= 0.3 is 0 Å². The number of rotatable bonds is 3. The highest BCUT2D eigenvalue weighted by Crippen LogP contribution is 2.19. The number of aliphatic hydroxyl groups excluding tert-OH is 1. The van der Waals surface area contributed by atoms with Crippen LogP contribution in [0.5, 0.6) is 0 Å². The molecular weight excluding hydrogens is 168 g/mol. The maximum atomic E-state index is 10.9. The first-order valence-corrected chi connectivity index (χ1v) is 4.95. The molecule has 1 saturated carbocycles. The Bertz CT molecular complexity index is 202. The van der Waals surface area contributed by atoms with Gasteiger partial charge in [-0.1, -0.05) is 0 Å². The smallest absolute Gasteiger partial charge is 0.220 e. The van der Waals surface area contributed by atoms with E-state index in [1.165, 1.54) is 0 Å². The molecule has 4 heteroatoms. The third-order valence-corrected chi connectivity index (χ3v) is 2.85. The second-order valence-corrected chi connectivity index (χ2v) is 4.03. The molecule has 4 nitrogen and oxygen atoms in total. The first-order valence-electron chi connectivity index (χ1n) is 4.95. The molecule has 0 aromatic rings. The maximum absolute atomic E-state index is 10.9. The Balaban J connectivity index is 1.60. The molecule has 74 valence electrons. The zero-order valence-corrected chi connectivity index (χ0v) is 7.62. The van der Waals surface area contributed by atoms with E-state index >= 15 is 0 Å². The lowest BCUT2D eigenvalue weighted by atomic mass is 9.89. The van der Waals surface area contributed by atoms with Gasteiger partial charge in [-0.05, 0) is 19.3 Å². The highest BCUT2D eigenvalue weighted by Gasteiger charge is 2.28. The minimum atomic E-state index is -0.101. The van der Waals surface area contributed by atoms with Crippen molar-refractivity contribution in [3.05, 3.63) is 0 Å². The van der Waals surface area contributed by atoms with Crippen LogP contribution in [0.15, 0.2) is 0 Å². The molecular formula is C9H16N2O2. The second-order valence-electron chi connectivity index (χ2n) is 4.03. The third kappa shape index (κ3) is 2.19. The van der Waals surface area contributed by atoms with Crippen molar-refractivity contribution in [1.29, 1.82) is 0 Å². The number of nitrogens with one attached hydrogen (secondary N) is 2. The standard InChI is InChI=1S/C9H16N2O2/c12-8-3-7(4-8)10-5-6-1-2-9(13)11-6/h6-8,10,12H,1-5H2,(H,11,13). The highest BCUT2D eigenvalue weighted by molar-refractivity contribution is 5.78. The first-order chi connectivity index (χ1) is 6.24. The van der Waals surface area contributed by atoms with Crippen LogP contribution in [0.2, 0.25) is 0 Å². The molecule has 2 rings (SSSR count). The van der Waals surface area contributed by atoms with Crippen LogP contribution in [0.1, 0.15) is 25.7 Å². The molecule has 3 N–H and O–H groups in total. The SMILES string of the molecule is O=C1CCC(CNC2CC(O)C2)N1. The fourth-order valence-electron chi connectivity index (χ4n) is 1.89. The molecule has 1 atom stereocenters. The summed E-state index contributed by atoms with van der Waals surface area (Å²) in [5, 5.41) is 15.3. The minimum Gasteiger partial charge on any atom is -0.393 e. The Hall–Kier alpha value is -0.610. The van der Waals surface area contributed by atoms with E-state index in [0.29, 0.717) is 18.5 Å². The van der Waals surface area contributed by atoms with Crippen molar-refractivity contribution >= 4 is 5.91 Å². The van der Waals surface area contributed by atoms with Crippen molar-refractivity contribution < 1.29 is 9.90 Å². The Kier molecular flexibility index (Phi) is 2.51. The minimum absolute atomic E-state index is 0.101. The monoisotopic (exact) mass is 184 g/mol. The van der Waals surface area contributed by atoms with Gasteiger partial charge in [0.25, 0.3) is 0 Å². The number of hydrogen-bond acceptors (Lipinski definition) is 3. The topological polar surface area (TPSA) is 61.4 Å². The lowest BCUT2D eigenvalue weighted by molar-refractivity contribution is -0.119. The summed E-state index contributed by atoms with van der Waals surface area (Å²) < 4.78 is 0. The van der Waals surface area contributed by atoms with Gasteiger partial charge in [-0.2, -0.15) is 0 Å². The average Bonchev–Trinajstić information content (AvgIpc) is 2.43. The second kappa shape index (κ2) is 3.64. The molecule has 1 heterocycles. The fraction of sp³-hybridized carbons (Fsp3) is 0.889. The van der Waals surface area contributed by atoms with Gasteiger partial charge in [0.2, 0.25) is 5.91 Å². The summed E-state index contributed by atoms with van der Waals surface area (Å²) in [6.07, 6.45) is 3.23. The third-order valence-electron chi connectivity index (χ3n) is 2.85. The van der Waals surface area contributed by atoms with Gasteiger partial charge in [-0.25, -0.2) is 0 Å². The summed E-state index contributed by atoms with van der Waals surface area (Å²) >= 11 is 0. The molecule has 1 unspecified atom stereocenters. The van der Waals surface area contributed by atoms with E-state index in [2.05, 4.69) is 10.6 Å². The van der Waals surface area contributed by atoms with Crippen LogP contribution in [-0.4, -0.2) is 35.7 Å². The van der Waals surface area contributed by atoms with Gasteiger partial charge in [0, 0.05) is 25.0 Å². The van der Waals surface area contributed by atoms with E-state index in [-0.39, 0.29) is 12.0 Å². The molecule has 0 aromatic heterocycles. The molecule has 1 aliphatic heterocycles. The molecule has 0 radical (unpaired) electrons. The molecule has 0 spiro atoms. The van der Waals surface area contributed by atoms with Crippen molar-refractivity contribution in [3.63, 3.8) is 0 Å². The first kappa shape index (κ1) is 8.97. The van der Waals surface area contributed by atoms with Gasteiger partial charge in [0.15, 0.2) is 0 Å². The van der Waals surface area contributed by atoms with Crippen LogP contribution < -0.4 is 10.6 Å². The van der Waals surface area contributed by atoms with E-state index in [9.17, 15) is 4.79 Å². The average molecular weight is 184 g/mol. The van der Waals surface area contributed by atoms with Crippen LogP contribution in [0, 0.1) is 0 Å². The van der Waals surface area contributed by atoms with E-state index < -0.39 is 0 Å². The van der Waals surface area contributed by atoms with Gasteiger partial charge < -0.3 is 15.7 Å². The summed E-state index contributed by atoms with van der Waals surface area (Å²) in [7, 11) is 0. The maximum Gasteiger partial charge on any atom is 0.220 e. The van der Waals surface area contributed by atoms with Gasteiger partial charge in [0.1, 0.15) is 0 Å². The summed E-state index contributed by atoms with van der Waals surface area (Å²) in [5.74, 6) is 0.167. The molecule has 1 aliphatic carbocycles.